The van der Waals surface area contributed by atoms with Crippen LogP contribution in [0.3, 0.4) is 0 Å². The molecule has 1 unspecified atom stereocenters. The third-order valence-electron chi connectivity index (χ3n) is 16.1. The first-order valence-electron chi connectivity index (χ1n) is 23.3. The van der Waals surface area contributed by atoms with Crippen LogP contribution in [0.25, 0.3) is 82.8 Å². The molecule has 0 amide bonds. The highest BCUT2D eigenvalue weighted by atomic mass is 14.6. The summed E-state index contributed by atoms with van der Waals surface area (Å²) in [5.41, 5.74) is 26.4. The molecule has 0 bridgehead atoms. The minimum atomic E-state index is -0.404. The predicted octanol–water partition coefficient (Wildman–Crippen LogP) is 16.3. The van der Waals surface area contributed by atoms with Gasteiger partial charge in [0.05, 0.1) is 10.8 Å². The monoisotopic (exact) mass is 822 g/mol. The number of benzene rings is 10. The molecular weight excluding hydrogens is 781 g/mol. The topological polar surface area (TPSA) is 0 Å². The lowest BCUT2D eigenvalue weighted by atomic mass is 9.68. The van der Waals surface area contributed by atoms with Gasteiger partial charge in [0.25, 0.3) is 0 Å². The normalized spacial score (nSPS) is 16.9. The Morgan fingerprint density at radius 2 is 0.677 bits per heavy atom. The zero-order valence-corrected chi connectivity index (χ0v) is 36.1. The third kappa shape index (κ3) is 4.25. The Kier molecular flexibility index (Phi) is 6.95. The van der Waals surface area contributed by atoms with Crippen LogP contribution in [0.4, 0.5) is 0 Å². The first kappa shape index (κ1) is 35.6. The van der Waals surface area contributed by atoms with Gasteiger partial charge in [-0.2, -0.15) is 0 Å². The molecule has 0 saturated heterocycles. The van der Waals surface area contributed by atoms with Gasteiger partial charge in [0, 0.05) is 0 Å². The van der Waals surface area contributed by atoms with Gasteiger partial charge >= 0.3 is 0 Å². The van der Waals surface area contributed by atoms with Gasteiger partial charge in [0.1, 0.15) is 0 Å². The summed E-state index contributed by atoms with van der Waals surface area (Å²) >= 11 is 0. The Morgan fingerprint density at radius 1 is 0.338 bits per heavy atom. The van der Waals surface area contributed by atoms with Crippen molar-refractivity contribution in [1.82, 2.24) is 0 Å². The average Bonchev–Trinajstić information content (AvgIpc) is 4.05. The summed E-state index contributed by atoms with van der Waals surface area (Å²) in [5.74, 6) is 0.435. The fourth-order valence-electron chi connectivity index (χ4n) is 13.8. The highest BCUT2D eigenvalue weighted by Gasteiger charge is 2.54. The molecule has 0 radical (unpaired) electrons. The van der Waals surface area contributed by atoms with Gasteiger partial charge in [-0.05, 0) is 157 Å². The Morgan fingerprint density at radius 3 is 1.11 bits per heavy atom. The van der Waals surface area contributed by atoms with Crippen molar-refractivity contribution in [2.45, 2.75) is 24.2 Å². The van der Waals surface area contributed by atoms with Crippen LogP contribution in [0.1, 0.15) is 57.9 Å². The van der Waals surface area contributed by atoms with Crippen molar-refractivity contribution in [1.29, 1.82) is 0 Å². The van der Waals surface area contributed by atoms with Crippen molar-refractivity contribution >= 4 is 27.1 Å². The molecule has 0 N–H and O–H groups in total. The Balaban J connectivity index is 0.995. The molecule has 0 saturated carbocycles. The van der Waals surface area contributed by atoms with E-state index in [0.29, 0.717) is 5.92 Å². The second kappa shape index (κ2) is 12.7. The minimum absolute atomic E-state index is 0.375. The van der Waals surface area contributed by atoms with E-state index in [1.807, 2.05) is 0 Å². The number of rotatable bonds is 2. The molecule has 65 heavy (non-hydrogen) atoms. The number of allylic oxidation sites excluding steroid dienone is 4. The molecule has 2 spiro atoms. The number of hydrogen-bond acceptors (Lipinski definition) is 0. The van der Waals surface area contributed by atoms with Crippen LogP contribution < -0.4 is 0 Å². The van der Waals surface area contributed by atoms with E-state index >= 15 is 0 Å². The Hall–Kier alpha value is -7.80. The molecule has 0 aromatic heterocycles. The van der Waals surface area contributed by atoms with Crippen molar-refractivity contribution in [2.24, 2.45) is 5.92 Å². The summed E-state index contributed by atoms with van der Waals surface area (Å²) < 4.78 is 0. The van der Waals surface area contributed by atoms with E-state index < -0.39 is 5.41 Å². The van der Waals surface area contributed by atoms with Gasteiger partial charge in [0.15, 0.2) is 0 Å². The van der Waals surface area contributed by atoms with Gasteiger partial charge in [-0.15, -0.1) is 0 Å². The van der Waals surface area contributed by atoms with Crippen molar-refractivity contribution < 1.29 is 0 Å². The lowest BCUT2D eigenvalue weighted by Gasteiger charge is -2.33. The van der Waals surface area contributed by atoms with Crippen molar-refractivity contribution in [3.05, 3.63) is 268 Å². The highest BCUT2D eigenvalue weighted by molar-refractivity contribution is 6.22. The predicted molar refractivity (Wildman–Crippen MR) is 270 cm³/mol. The van der Waals surface area contributed by atoms with Gasteiger partial charge in [-0.1, -0.05) is 213 Å². The molecule has 0 heterocycles. The summed E-state index contributed by atoms with van der Waals surface area (Å²) in [7, 11) is 0. The summed E-state index contributed by atoms with van der Waals surface area (Å²) in [4.78, 5) is 0. The lowest BCUT2D eigenvalue weighted by molar-refractivity contribution is 0.731. The minimum Gasteiger partial charge on any atom is -0.0836 e. The second-order valence-corrected chi connectivity index (χ2v) is 19.0. The van der Waals surface area contributed by atoms with E-state index in [-0.39, 0.29) is 5.41 Å². The highest BCUT2D eigenvalue weighted by Crippen LogP contribution is 2.66. The average molecular weight is 823 g/mol. The zero-order chi connectivity index (χ0) is 42.6. The lowest BCUT2D eigenvalue weighted by Crippen LogP contribution is -2.27. The maximum Gasteiger partial charge on any atom is 0.0725 e. The van der Waals surface area contributed by atoms with Gasteiger partial charge < -0.3 is 0 Å². The Bertz CT molecular complexity index is 3660. The molecule has 15 rings (SSSR count). The smallest absolute Gasteiger partial charge is 0.0725 e. The Labute approximate surface area is 379 Å². The van der Waals surface area contributed by atoms with Crippen LogP contribution in [-0.2, 0) is 10.8 Å². The van der Waals surface area contributed by atoms with Crippen molar-refractivity contribution in [2.75, 3.05) is 0 Å². The maximum absolute atomic E-state index is 2.59. The maximum atomic E-state index is 2.59. The van der Waals surface area contributed by atoms with Crippen LogP contribution in [0.2, 0.25) is 0 Å². The third-order valence-corrected chi connectivity index (χ3v) is 16.1. The van der Waals surface area contributed by atoms with E-state index in [1.165, 1.54) is 133 Å². The van der Waals surface area contributed by atoms with Gasteiger partial charge in [-0.25, -0.2) is 0 Å². The van der Waals surface area contributed by atoms with Crippen LogP contribution in [0.15, 0.2) is 224 Å². The molecule has 302 valence electrons. The summed E-state index contributed by atoms with van der Waals surface area (Å²) in [6.07, 6.45) is 5.95. The molecule has 0 heteroatoms. The first-order valence-corrected chi connectivity index (χ1v) is 23.3. The second-order valence-electron chi connectivity index (χ2n) is 19.0. The molecule has 5 aliphatic rings. The van der Waals surface area contributed by atoms with Crippen LogP contribution in [0.5, 0.6) is 0 Å². The summed E-state index contributed by atoms with van der Waals surface area (Å²) in [5, 5.41) is 5.11. The SMILES string of the molecule is CC1CC=CC2=C1c1ccc(-c3c4ccccc4c(-c4ccc5c(c4)C4(c6ccccc6-c6ccccc64)c4ccccc4-5)c4ccccc34)cc1C21c2ccccc2-c2ccccc21. The molecule has 0 aliphatic heterocycles. The fraction of sp³-hybridized carbons (Fsp3) is 0.0769. The number of fused-ring (bicyclic) bond motifs is 21. The van der Waals surface area contributed by atoms with E-state index in [0.717, 1.165) is 6.42 Å². The standard InChI is InChI=1S/C65H42/c1-39-17-16-32-58-61(39)52-36-34-41(38-60(52)65(58)56-30-14-8-20-44(56)45-21-9-15-31-57(45)65)63-50-25-4-2-23-48(50)62(49-24-3-5-26-51(49)63)40-33-35-47-46-22-10-13-29-55(46)64(59(47)37-40)53-27-11-6-18-42(53)43-19-7-12-28-54(43)64/h2-16,18-39H,17H2,1H3. The van der Waals surface area contributed by atoms with Crippen LogP contribution in [-0.4, -0.2) is 0 Å². The van der Waals surface area contributed by atoms with Gasteiger partial charge in [0.2, 0.25) is 0 Å². The summed E-state index contributed by atoms with van der Waals surface area (Å²) in [6.45, 7) is 2.42. The molecule has 5 aliphatic carbocycles. The molecule has 0 nitrogen and oxygen atoms in total. The van der Waals surface area contributed by atoms with Crippen molar-refractivity contribution in [3.63, 3.8) is 0 Å². The molecule has 0 fully saturated rings. The molecular formula is C65H42. The van der Waals surface area contributed by atoms with Gasteiger partial charge in [-0.3, -0.25) is 0 Å². The molecule has 10 aromatic carbocycles. The quantitative estimate of drug-likeness (QED) is 0.152. The number of hydrogen-bond donors (Lipinski definition) is 0. The largest absolute Gasteiger partial charge is 0.0836 e. The van der Waals surface area contributed by atoms with Crippen LogP contribution >= 0.6 is 0 Å². The van der Waals surface area contributed by atoms with Crippen molar-refractivity contribution in [3.8, 4) is 55.6 Å². The van der Waals surface area contributed by atoms with E-state index in [2.05, 4.69) is 225 Å². The van der Waals surface area contributed by atoms with Crippen LogP contribution in [0, 0.1) is 5.92 Å². The van der Waals surface area contributed by atoms with E-state index in [9.17, 15) is 0 Å². The van der Waals surface area contributed by atoms with E-state index in [1.54, 1.807) is 0 Å². The zero-order valence-electron chi connectivity index (χ0n) is 36.1. The first-order chi connectivity index (χ1) is 32.2. The molecule has 10 aromatic rings. The summed E-state index contributed by atoms with van der Waals surface area (Å²) in [6, 6.07) is 79.0. The fourth-order valence-corrected chi connectivity index (χ4v) is 13.8. The molecule has 1 atom stereocenters. The van der Waals surface area contributed by atoms with E-state index in [4.69, 9.17) is 0 Å².